The van der Waals surface area contributed by atoms with E-state index in [2.05, 4.69) is 6.92 Å². The smallest absolute Gasteiger partial charge is 0.104 e. The minimum atomic E-state index is -0.171. The van der Waals surface area contributed by atoms with E-state index in [0.717, 1.165) is 37.2 Å². The van der Waals surface area contributed by atoms with Crippen LogP contribution in [-0.2, 0) is 6.42 Å². The van der Waals surface area contributed by atoms with E-state index in [0.29, 0.717) is 0 Å². The molecule has 2 heteroatoms. The molecule has 1 heterocycles. The Hall–Kier alpha value is -0.760. The molecule has 13 heavy (non-hydrogen) atoms. The van der Waals surface area contributed by atoms with Crippen LogP contribution in [-0.4, -0.2) is 11.2 Å². The second-order valence-corrected chi connectivity index (χ2v) is 3.49. The first kappa shape index (κ1) is 10.3. The molecule has 1 aromatic heterocycles. The van der Waals surface area contributed by atoms with E-state index in [9.17, 15) is 5.11 Å². The molecule has 74 valence electrons. The summed E-state index contributed by atoms with van der Waals surface area (Å²) >= 11 is 0. The van der Waals surface area contributed by atoms with Crippen molar-refractivity contribution in [1.82, 2.24) is 0 Å². The van der Waals surface area contributed by atoms with Crippen molar-refractivity contribution in [3.63, 3.8) is 0 Å². The standard InChI is InChI=1S/C11H18O2/c1-3-4-10(12)6-8-11-7-5-9(2)13-11/h5,7,10,12H,3-4,6,8H2,1-2H3. The Kier molecular flexibility index (Phi) is 4.03. The van der Waals surface area contributed by atoms with Gasteiger partial charge in [-0.05, 0) is 31.9 Å². The molecule has 1 rings (SSSR count). The first-order valence-electron chi connectivity index (χ1n) is 4.95. The number of furan rings is 1. The lowest BCUT2D eigenvalue weighted by molar-refractivity contribution is 0.152. The van der Waals surface area contributed by atoms with Crippen LogP contribution in [0.5, 0.6) is 0 Å². The summed E-state index contributed by atoms with van der Waals surface area (Å²) in [7, 11) is 0. The van der Waals surface area contributed by atoms with Gasteiger partial charge in [0.25, 0.3) is 0 Å². The lowest BCUT2D eigenvalue weighted by atomic mass is 10.1. The predicted molar refractivity (Wildman–Crippen MR) is 52.7 cm³/mol. The van der Waals surface area contributed by atoms with E-state index >= 15 is 0 Å². The highest BCUT2D eigenvalue weighted by atomic mass is 16.3. The first-order valence-corrected chi connectivity index (χ1v) is 4.95. The van der Waals surface area contributed by atoms with Crippen LogP contribution in [0.4, 0.5) is 0 Å². The summed E-state index contributed by atoms with van der Waals surface area (Å²) < 4.78 is 5.40. The minimum absolute atomic E-state index is 0.171. The van der Waals surface area contributed by atoms with Crippen molar-refractivity contribution in [1.29, 1.82) is 0 Å². The maximum Gasteiger partial charge on any atom is 0.104 e. The Labute approximate surface area is 79.6 Å². The van der Waals surface area contributed by atoms with E-state index in [-0.39, 0.29) is 6.10 Å². The van der Waals surface area contributed by atoms with Gasteiger partial charge < -0.3 is 9.52 Å². The molecule has 0 aliphatic rings. The number of aliphatic hydroxyl groups excluding tert-OH is 1. The molecule has 0 spiro atoms. The van der Waals surface area contributed by atoms with Gasteiger partial charge in [0.15, 0.2) is 0 Å². The minimum Gasteiger partial charge on any atom is -0.466 e. The third-order valence-electron chi connectivity index (χ3n) is 2.14. The monoisotopic (exact) mass is 182 g/mol. The topological polar surface area (TPSA) is 33.4 Å². The fraction of sp³-hybridized carbons (Fsp3) is 0.636. The van der Waals surface area contributed by atoms with Crippen molar-refractivity contribution in [2.45, 2.75) is 45.6 Å². The normalized spacial score (nSPS) is 13.2. The van der Waals surface area contributed by atoms with Gasteiger partial charge in [0.1, 0.15) is 11.5 Å². The Balaban J connectivity index is 2.26. The van der Waals surface area contributed by atoms with Crippen molar-refractivity contribution in [2.75, 3.05) is 0 Å². The van der Waals surface area contributed by atoms with Crippen molar-refractivity contribution in [3.05, 3.63) is 23.7 Å². The van der Waals surface area contributed by atoms with Gasteiger partial charge in [-0.1, -0.05) is 13.3 Å². The van der Waals surface area contributed by atoms with Crippen LogP contribution >= 0.6 is 0 Å². The lowest BCUT2D eigenvalue weighted by Crippen LogP contribution is -2.06. The SMILES string of the molecule is CCCC(O)CCc1ccc(C)o1. The average molecular weight is 182 g/mol. The second-order valence-electron chi connectivity index (χ2n) is 3.49. The molecule has 1 unspecified atom stereocenters. The molecular weight excluding hydrogens is 164 g/mol. The average Bonchev–Trinajstić information content (AvgIpc) is 2.49. The summed E-state index contributed by atoms with van der Waals surface area (Å²) in [6.45, 7) is 4.02. The van der Waals surface area contributed by atoms with E-state index in [1.165, 1.54) is 0 Å². The number of hydrogen-bond donors (Lipinski definition) is 1. The lowest BCUT2D eigenvalue weighted by Gasteiger charge is -2.06. The predicted octanol–water partition coefficient (Wildman–Crippen LogP) is 2.68. The van der Waals surface area contributed by atoms with Crippen LogP contribution in [0.3, 0.4) is 0 Å². The van der Waals surface area contributed by atoms with Gasteiger partial charge in [0.2, 0.25) is 0 Å². The summed E-state index contributed by atoms with van der Waals surface area (Å²) in [6.07, 6.45) is 3.41. The summed E-state index contributed by atoms with van der Waals surface area (Å²) in [6, 6.07) is 3.94. The molecule has 0 aromatic carbocycles. The molecule has 2 nitrogen and oxygen atoms in total. The Bertz CT molecular complexity index is 240. The van der Waals surface area contributed by atoms with Crippen LogP contribution in [0.25, 0.3) is 0 Å². The molecule has 0 radical (unpaired) electrons. The van der Waals surface area contributed by atoms with Gasteiger partial charge in [-0.15, -0.1) is 0 Å². The molecule has 1 atom stereocenters. The van der Waals surface area contributed by atoms with Gasteiger partial charge in [-0.3, -0.25) is 0 Å². The Morgan fingerprint density at radius 3 is 2.69 bits per heavy atom. The molecule has 0 bridgehead atoms. The summed E-state index contributed by atoms with van der Waals surface area (Å²) in [5, 5.41) is 9.48. The maximum absolute atomic E-state index is 9.48. The van der Waals surface area contributed by atoms with E-state index in [1.54, 1.807) is 0 Å². The van der Waals surface area contributed by atoms with Crippen molar-refractivity contribution < 1.29 is 9.52 Å². The van der Waals surface area contributed by atoms with Crippen LogP contribution in [0.15, 0.2) is 16.5 Å². The zero-order valence-corrected chi connectivity index (χ0v) is 8.42. The van der Waals surface area contributed by atoms with E-state index in [4.69, 9.17) is 4.42 Å². The number of aliphatic hydroxyl groups is 1. The van der Waals surface area contributed by atoms with Gasteiger partial charge in [-0.25, -0.2) is 0 Å². The fourth-order valence-electron chi connectivity index (χ4n) is 1.41. The van der Waals surface area contributed by atoms with Crippen LogP contribution in [0.1, 0.15) is 37.7 Å². The largest absolute Gasteiger partial charge is 0.466 e. The highest BCUT2D eigenvalue weighted by molar-refractivity contribution is 5.05. The zero-order valence-electron chi connectivity index (χ0n) is 8.42. The Morgan fingerprint density at radius 1 is 1.38 bits per heavy atom. The maximum atomic E-state index is 9.48. The summed E-state index contributed by atoms with van der Waals surface area (Å²) in [5.74, 6) is 1.92. The second kappa shape index (κ2) is 5.07. The van der Waals surface area contributed by atoms with E-state index in [1.807, 2.05) is 19.1 Å². The van der Waals surface area contributed by atoms with Crippen LogP contribution in [0.2, 0.25) is 0 Å². The van der Waals surface area contributed by atoms with Gasteiger partial charge in [0, 0.05) is 6.42 Å². The van der Waals surface area contributed by atoms with Gasteiger partial charge in [0.05, 0.1) is 6.10 Å². The van der Waals surface area contributed by atoms with Crippen LogP contribution < -0.4 is 0 Å². The molecule has 1 aromatic rings. The quantitative estimate of drug-likeness (QED) is 0.759. The molecule has 0 aliphatic heterocycles. The molecule has 0 amide bonds. The number of rotatable bonds is 5. The summed E-state index contributed by atoms with van der Waals surface area (Å²) in [5.41, 5.74) is 0. The zero-order chi connectivity index (χ0) is 9.68. The third kappa shape index (κ3) is 3.64. The Morgan fingerprint density at radius 2 is 2.15 bits per heavy atom. The summed E-state index contributed by atoms with van der Waals surface area (Å²) in [4.78, 5) is 0. The molecule has 0 saturated carbocycles. The third-order valence-corrected chi connectivity index (χ3v) is 2.14. The van der Waals surface area contributed by atoms with Gasteiger partial charge >= 0.3 is 0 Å². The van der Waals surface area contributed by atoms with Crippen molar-refractivity contribution in [3.8, 4) is 0 Å². The molecule has 0 aliphatic carbocycles. The highest BCUT2D eigenvalue weighted by Gasteiger charge is 2.04. The molecule has 1 N–H and O–H groups in total. The van der Waals surface area contributed by atoms with Crippen molar-refractivity contribution >= 4 is 0 Å². The van der Waals surface area contributed by atoms with E-state index < -0.39 is 0 Å². The number of aryl methyl sites for hydroxylation is 2. The van der Waals surface area contributed by atoms with Gasteiger partial charge in [-0.2, -0.15) is 0 Å². The first-order chi connectivity index (χ1) is 6.22. The molecule has 0 fully saturated rings. The molecular formula is C11H18O2. The van der Waals surface area contributed by atoms with Crippen molar-refractivity contribution in [2.24, 2.45) is 0 Å². The number of hydrogen-bond acceptors (Lipinski definition) is 2. The molecule has 0 saturated heterocycles. The van der Waals surface area contributed by atoms with Crippen LogP contribution in [0, 0.1) is 6.92 Å². The fourth-order valence-corrected chi connectivity index (χ4v) is 1.41. The highest BCUT2D eigenvalue weighted by Crippen LogP contribution is 2.11.